The van der Waals surface area contributed by atoms with Crippen LogP contribution in [0.4, 0.5) is 0 Å². The summed E-state index contributed by atoms with van der Waals surface area (Å²) in [4.78, 5) is 11.6. The normalized spacial score (nSPS) is 11.6. The number of amides is 1. The predicted octanol–water partition coefficient (Wildman–Crippen LogP) is 1.11. The van der Waals surface area contributed by atoms with Crippen molar-refractivity contribution in [2.45, 2.75) is 38.6 Å². The maximum absolute atomic E-state index is 12.0. The number of carbonyl (C=O) groups excluding carboxylic acids is 1. The minimum atomic E-state index is -3.64. The van der Waals surface area contributed by atoms with E-state index in [1.807, 2.05) is 27.7 Å². The average Bonchev–Trinajstić information content (AvgIpc) is 2.29. The maximum atomic E-state index is 12.0. The van der Waals surface area contributed by atoms with Gasteiger partial charge in [0.1, 0.15) is 0 Å². The van der Waals surface area contributed by atoms with Gasteiger partial charge in [0.15, 0.2) is 0 Å². The van der Waals surface area contributed by atoms with Gasteiger partial charge in [-0.3, -0.25) is 4.79 Å². The number of hydrogen-bond donors (Lipinski definition) is 2. The van der Waals surface area contributed by atoms with Gasteiger partial charge in [-0.15, -0.1) is 0 Å². The molecule has 0 radical (unpaired) electrons. The molecule has 1 aromatic carbocycles. The van der Waals surface area contributed by atoms with E-state index in [9.17, 15) is 13.2 Å². The van der Waals surface area contributed by atoms with Crippen LogP contribution in [0.1, 0.15) is 25.0 Å². The first-order valence-electron chi connectivity index (χ1n) is 6.08. The topological polar surface area (TPSA) is 75.3 Å². The molecule has 5 nitrogen and oxygen atoms in total. The summed E-state index contributed by atoms with van der Waals surface area (Å²) in [5.41, 5.74) is 1.92. The monoisotopic (exact) mass is 284 g/mol. The molecule has 1 aromatic rings. The highest BCUT2D eigenvalue weighted by Crippen LogP contribution is 2.14. The van der Waals surface area contributed by atoms with Crippen molar-refractivity contribution >= 4 is 15.9 Å². The SMILES string of the molecule is Cc1ccc(S(=O)(=O)NCC(=O)NC(C)C)cc1C. The van der Waals surface area contributed by atoms with Crippen LogP contribution in [-0.2, 0) is 14.8 Å². The van der Waals surface area contributed by atoms with E-state index in [0.717, 1.165) is 11.1 Å². The molecule has 19 heavy (non-hydrogen) atoms. The number of benzene rings is 1. The Morgan fingerprint density at radius 2 is 1.84 bits per heavy atom. The summed E-state index contributed by atoms with van der Waals surface area (Å²) in [5.74, 6) is -0.345. The molecule has 2 N–H and O–H groups in total. The third-order valence-electron chi connectivity index (χ3n) is 2.66. The molecule has 6 heteroatoms. The molecule has 0 saturated heterocycles. The minimum Gasteiger partial charge on any atom is -0.353 e. The van der Waals surface area contributed by atoms with Crippen LogP contribution in [0.5, 0.6) is 0 Å². The van der Waals surface area contributed by atoms with Gasteiger partial charge in [0.25, 0.3) is 0 Å². The summed E-state index contributed by atoms with van der Waals surface area (Å²) >= 11 is 0. The lowest BCUT2D eigenvalue weighted by Gasteiger charge is -2.10. The molecule has 0 heterocycles. The van der Waals surface area contributed by atoms with Crippen LogP contribution >= 0.6 is 0 Å². The van der Waals surface area contributed by atoms with Crippen molar-refractivity contribution in [3.63, 3.8) is 0 Å². The molecule has 1 rings (SSSR count). The Kier molecular flexibility index (Phi) is 5.08. The zero-order valence-corrected chi connectivity index (χ0v) is 12.5. The number of sulfonamides is 1. The molecule has 0 aliphatic rings. The first kappa shape index (κ1) is 15.7. The second-order valence-electron chi connectivity index (χ2n) is 4.79. The number of aryl methyl sites for hydroxylation is 2. The van der Waals surface area contributed by atoms with Crippen LogP contribution in [0.3, 0.4) is 0 Å². The van der Waals surface area contributed by atoms with Crippen LogP contribution in [0.25, 0.3) is 0 Å². The molecule has 0 aliphatic carbocycles. The Balaban J connectivity index is 2.76. The highest BCUT2D eigenvalue weighted by atomic mass is 32.2. The fourth-order valence-corrected chi connectivity index (χ4v) is 2.56. The standard InChI is InChI=1S/C13H20N2O3S/c1-9(2)15-13(16)8-14-19(17,18)12-6-5-10(3)11(4)7-12/h5-7,9,14H,8H2,1-4H3,(H,15,16). The van der Waals surface area contributed by atoms with Crippen LogP contribution in [-0.4, -0.2) is 26.9 Å². The van der Waals surface area contributed by atoms with E-state index >= 15 is 0 Å². The molecule has 0 bridgehead atoms. The summed E-state index contributed by atoms with van der Waals surface area (Å²) in [6.07, 6.45) is 0. The summed E-state index contributed by atoms with van der Waals surface area (Å²) in [5, 5.41) is 2.62. The van der Waals surface area contributed by atoms with E-state index in [1.54, 1.807) is 12.1 Å². The van der Waals surface area contributed by atoms with Crippen molar-refractivity contribution in [3.05, 3.63) is 29.3 Å². The first-order valence-corrected chi connectivity index (χ1v) is 7.57. The van der Waals surface area contributed by atoms with Gasteiger partial charge in [-0.05, 0) is 51.0 Å². The van der Waals surface area contributed by atoms with Crippen LogP contribution in [0, 0.1) is 13.8 Å². The van der Waals surface area contributed by atoms with Gasteiger partial charge in [0.05, 0.1) is 11.4 Å². The van der Waals surface area contributed by atoms with Crippen molar-refractivity contribution in [2.24, 2.45) is 0 Å². The van der Waals surface area contributed by atoms with Crippen LogP contribution in [0.15, 0.2) is 23.1 Å². The van der Waals surface area contributed by atoms with Gasteiger partial charge >= 0.3 is 0 Å². The molecule has 0 unspecified atom stereocenters. The number of carbonyl (C=O) groups is 1. The fourth-order valence-electron chi connectivity index (χ4n) is 1.50. The van der Waals surface area contributed by atoms with Crippen molar-refractivity contribution < 1.29 is 13.2 Å². The Morgan fingerprint density at radius 1 is 1.21 bits per heavy atom. The molecule has 0 aliphatic heterocycles. The Labute approximate surface area is 114 Å². The second kappa shape index (κ2) is 6.16. The van der Waals surface area contributed by atoms with Crippen molar-refractivity contribution in [3.8, 4) is 0 Å². The van der Waals surface area contributed by atoms with Gasteiger partial charge in [0.2, 0.25) is 15.9 Å². The van der Waals surface area contributed by atoms with Crippen LogP contribution in [0.2, 0.25) is 0 Å². The first-order chi connectivity index (χ1) is 8.72. The van der Waals surface area contributed by atoms with Gasteiger partial charge < -0.3 is 5.32 Å². The molecule has 0 aromatic heterocycles. The maximum Gasteiger partial charge on any atom is 0.241 e. The molecule has 0 spiro atoms. The van der Waals surface area contributed by atoms with Crippen molar-refractivity contribution in [1.29, 1.82) is 0 Å². The molecule has 0 saturated carbocycles. The molecular weight excluding hydrogens is 264 g/mol. The fraction of sp³-hybridized carbons (Fsp3) is 0.462. The van der Waals surface area contributed by atoms with Crippen molar-refractivity contribution in [2.75, 3.05) is 6.54 Å². The molecule has 0 fully saturated rings. The lowest BCUT2D eigenvalue weighted by molar-refractivity contribution is -0.120. The smallest absolute Gasteiger partial charge is 0.241 e. The molecule has 0 atom stereocenters. The summed E-state index contributed by atoms with van der Waals surface area (Å²) in [7, 11) is -3.64. The van der Waals surface area contributed by atoms with Crippen LogP contribution < -0.4 is 10.0 Å². The predicted molar refractivity (Wildman–Crippen MR) is 74.4 cm³/mol. The zero-order valence-electron chi connectivity index (χ0n) is 11.6. The van der Waals surface area contributed by atoms with E-state index in [4.69, 9.17) is 0 Å². The quantitative estimate of drug-likeness (QED) is 0.850. The summed E-state index contributed by atoms with van der Waals surface area (Å²) in [6, 6.07) is 4.86. The average molecular weight is 284 g/mol. The lowest BCUT2D eigenvalue weighted by Crippen LogP contribution is -2.39. The van der Waals surface area contributed by atoms with Gasteiger partial charge in [-0.25, -0.2) is 13.1 Å². The minimum absolute atomic E-state index is 0.0152. The van der Waals surface area contributed by atoms with Gasteiger partial charge in [-0.2, -0.15) is 0 Å². The summed E-state index contributed by atoms with van der Waals surface area (Å²) < 4.78 is 26.3. The third-order valence-corrected chi connectivity index (χ3v) is 4.06. The highest BCUT2D eigenvalue weighted by Gasteiger charge is 2.16. The largest absolute Gasteiger partial charge is 0.353 e. The molecule has 106 valence electrons. The Bertz CT molecular complexity index is 565. The summed E-state index contributed by atoms with van der Waals surface area (Å²) in [6.45, 7) is 7.13. The van der Waals surface area contributed by atoms with Gasteiger partial charge in [0, 0.05) is 6.04 Å². The van der Waals surface area contributed by atoms with Gasteiger partial charge in [-0.1, -0.05) is 6.07 Å². The number of rotatable bonds is 5. The van der Waals surface area contributed by atoms with E-state index < -0.39 is 10.0 Å². The van der Waals surface area contributed by atoms with E-state index in [-0.39, 0.29) is 23.4 Å². The lowest BCUT2D eigenvalue weighted by atomic mass is 10.1. The van der Waals surface area contributed by atoms with Crippen molar-refractivity contribution in [1.82, 2.24) is 10.0 Å². The van der Waals surface area contributed by atoms with E-state index in [1.165, 1.54) is 6.07 Å². The molecular formula is C13H20N2O3S. The second-order valence-corrected chi connectivity index (χ2v) is 6.56. The highest BCUT2D eigenvalue weighted by molar-refractivity contribution is 7.89. The Hall–Kier alpha value is -1.40. The van der Waals surface area contributed by atoms with E-state index in [2.05, 4.69) is 10.0 Å². The van der Waals surface area contributed by atoms with E-state index in [0.29, 0.717) is 0 Å². The number of nitrogens with one attached hydrogen (secondary N) is 2. The third kappa shape index (κ3) is 4.65. The number of hydrogen-bond acceptors (Lipinski definition) is 3. The molecule has 1 amide bonds. The Morgan fingerprint density at radius 3 is 2.37 bits per heavy atom. The zero-order chi connectivity index (χ0) is 14.6.